The van der Waals surface area contributed by atoms with Gasteiger partial charge in [0.2, 0.25) is 0 Å². The monoisotopic (exact) mass is 185 g/mol. The Hall–Kier alpha value is -0.0800. The molecule has 2 heteroatoms. The lowest BCUT2D eigenvalue weighted by molar-refractivity contribution is 0.0327. The summed E-state index contributed by atoms with van der Waals surface area (Å²) >= 11 is 0. The number of rotatable bonds is 1. The van der Waals surface area contributed by atoms with Crippen LogP contribution in [0.5, 0.6) is 0 Å². The maximum atomic E-state index is 5.66. The summed E-state index contributed by atoms with van der Waals surface area (Å²) in [5, 5.41) is 0. The van der Waals surface area contributed by atoms with Gasteiger partial charge in [0.15, 0.2) is 0 Å². The van der Waals surface area contributed by atoms with Gasteiger partial charge in [-0.3, -0.25) is 4.90 Å². The molecule has 1 aliphatic rings. The molecule has 0 aromatic carbocycles. The minimum absolute atomic E-state index is 0.193. The molecule has 0 bridgehead atoms. The Morgan fingerprint density at radius 1 is 1.38 bits per heavy atom. The molecule has 0 saturated carbocycles. The number of ether oxygens (including phenoxy) is 1. The predicted molar refractivity (Wildman–Crippen MR) is 55.9 cm³/mol. The van der Waals surface area contributed by atoms with E-state index in [2.05, 4.69) is 39.5 Å². The Bertz CT molecular complexity index is 165. The van der Waals surface area contributed by atoms with Crippen molar-refractivity contribution in [1.29, 1.82) is 0 Å². The van der Waals surface area contributed by atoms with E-state index in [0.29, 0.717) is 12.0 Å². The molecule has 1 rings (SSSR count). The molecule has 78 valence electrons. The van der Waals surface area contributed by atoms with Crippen molar-refractivity contribution in [3.8, 4) is 0 Å². The molecule has 0 amide bonds. The molecule has 2 nitrogen and oxygen atoms in total. The van der Waals surface area contributed by atoms with Crippen molar-refractivity contribution in [3.05, 3.63) is 0 Å². The van der Waals surface area contributed by atoms with Gasteiger partial charge in [-0.15, -0.1) is 0 Å². The fourth-order valence-electron chi connectivity index (χ4n) is 2.14. The molecule has 0 N–H and O–H groups in total. The van der Waals surface area contributed by atoms with Gasteiger partial charge in [0, 0.05) is 18.1 Å². The lowest BCUT2D eigenvalue weighted by atomic mass is 10.0. The Kier molecular flexibility index (Phi) is 3.36. The fourth-order valence-corrected chi connectivity index (χ4v) is 2.14. The summed E-state index contributed by atoms with van der Waals surface area (Å²) in [6.07, 6.45) is 0. The highest BCUT2D eigenvalue weighted by Crippen LogP contribution is 2.23. The van der Waals surface area contributed by atoms with E-state index < -0.39 is 0 Å². The zero-order chi connectivity index (χ0) is 10.1. The average Bonchev–Trinajstić information content (AvgIpc) is 2.10. The number of hydrogen-bond donors (Lipinski definition) is 0. The largest absolute Gasteiger partial charge is 0.379 e. The maximum Gasteiger partial charge on any atom is 0.0645 e. The molecule has 0 spiro atoms. The van der Waals surface area contributed by atoms with Gasteiger partial charge in [0.25, 0.3) is 0 Å². The minimum atomic E-state index is 0.193. The zero-order valence-electron chi connectivity index (χ0n) is 9.63. The Morgan fingerprint density at radius 2 is 2.00 bits per heavy atom. The quantitative estimate of drug-likeness (QED) is 0.620. The second-order valence-electron chi connectivity index (χ2n) is 5.18. The van der Waals surface area contributed by atoms with E-state index in [9.17, 15) is 0 Å². The van der Waals surface area contributed by atoms with Gasteiger partial charge in [-0.1, -0.05) is 6.92 Å². The van der Waals surface area contributed by atoms with Crippen LogP contribution in [0.25, 0.3) is 0 Å². The highest BCUT2D eigenvalue weighted by Gasteiger charge is 2.32. The van der Waals surface area contributed by atoms with Gasteiger partial charge in [0.1, 0.15) is 0 Å². The van der Waals surface area contributed by atoms with Crippen LogP contribution in [0.2, 0.25) is 0 Å². The molecule has 0 aromatic rings. The van der Waals surface area contributed by atoms with Crippen LogP contribution in [0.4, 0.5) is 0 Å². The third-order valence-electron chi connectivity index (χ3n) is 2.77. The molecular weight excluding hydrogens is 162 g/mol. The van der Waals surface area contributed by atoms with Crippen LogP contribution in [-0.2, 0) is 4.74 Å². The third-order valence-corrected chi connectivity index (χ3v) is 2.77. The second-order valence-corrected chi connectivity index (χ2v) is 5.18. The SMILES string of the molecule is CC1COCC(C)(C)N(C(C)C)C1. The van der Waals surface area contributed by atoms with Gasteiger partial charge >= 0.3 is 0 Å². The highest BCUT2D eigenvalue weighted by molar-refractivity contribution is 4.86. The summed E-state index contributed by atoms with van der Waals surface area (Å²) in [6.45, 7) is 14.2. The van der Waals surface area contributed by atoms with Crippen molar-refractivity contribution < 1.29 is 4.74 Å². The van der Waals surface area contributed by atoms with Crippen molar-refractivity contribution in [2.75, 3.05) is 19.8 Å². The van der Waals surface area contributed by atoms with Crippen LogP contribution in [0.15, 0.2) is 0 Å². The Balaban J connectivity index is 2.72. The van der Waals surface area contributed by atoms with Crippen LogP contribution < -0.4 is 0 Å². The standard InChI is InChI=1S/C11H23NO/c1-9(2)12-6-10(3)7-13-8-11(12,4)5/h9-10H,6-8H2,1-5H3. The molecule has 13 heavy (non-hydrogen) atoms. The normalized spacial score (nSPS) is 30.5. The van der Waals surface area contributed by atoms with E-state index in [-0.39, 0.29) is 5.54 Å². The van der Waals surface area contributed by atoms with Crippen molar-refractivity contribution in [2.45, 2.75) is 46.2 Å². The van der Waals surface area contributed by atoms with Crippen molar-refractivity contribution >= 4 is 0 Å². The smallest absolute Gasteiger partial charge is 0.0645 e. The van der Waals surface area contributed by atoms with Gasteiger partial charge in [-0.05, 0) is 33.6 Å². The first-order valence-corrected chi connectivity index (χ1v) is 5.28. The summed E-state index contributed by atoms with van der Waals surface area (Å²) in [7, 11) is 0. The molecular formula is C11H23NO. The van der Waals surface area contributed by atoms with Gasteiger partial charge < -0.3 is 4.74 Å². The third kappa shape index (κ3) is 2.68. The van der Waals surface area contributed by atoms with Gasteiger partial charge in [0.05, 0.1) is 13.2 Å². The van der Waals surface area contributed by atoms with Crippen LogP contribution >= 0.6 is 0 Å². The molecule has 1 fully saturated rings. The summed E-state index contributed by atoms with van der Waals surface area (Å²) < 4.78 is 5.66. The molecule has 1 atom stereocenters. The highest BCUT2D eigenvalue weighted by atomic mass is 16.5. The molecule has 1 aliphatic heterocycles. The lowest BCUT2D eigenvalue weighted by Gasteiger charge is -2.40. The minimum Gasteiger partial charge on any atom is -0.379 e. The summed E-state index contributed by atoms with van der Waals surface area (Å²) in [5.74, 6) is 0.657. The fraction of sp³-hybridized carbons (Fsp3) is 1.00. The molecule has 1 saturated heterocycles. The number of hydrogen-bond acceptors (Lipinski definition) is 2. The number of nitrogens with zero attached hydrogens (tertiary/aromatic N) is 1. The Labute approximate surface area is 82.3 Å². The van der Waals surface area contributed by atoms with E-state index in [4.69, 9.17) is 4.74 Å². The lowest BCUT2D eigenvalue weighted by Crippen LogP contribution is -2.50. The first-order chi connectivity index (χ1) is 5.93. The summed E-state index contributed by atoms with van der Waals surface area (Å²) in [4.78, 5) is 2.55. The molecule has 1 unspecified atom stereocenters. The second kappa shape index (κ2) is 3.97. The van der Waals surface area contributed by atoms with E-state index in [1.807, 2.05) is 0 Å². The van der Waals surface area contributed by atoms with E-state index in [0.717, 1.165) is 19.8 Å². The van der Waals surface area contributed by atoms with Crippen molar-refractivity contribution in [1.82, 2.24) is 4.90 Å². The van der Waals surface area contributed by atoms with Crippen LogP contribution in [0.3, 0.4) is 0 Å². The average molecular weight is 185 g/mol. The van der Waals surface area contributed by atoms with Crippen LogP contribution in [-0.4, -0.2) is 36.2 Å². The first-order valence-electron chi connectivity index (χ1n) is 5.28. The van der Waals surface area contributed by atoms with Crippen LogP contribution in [0, 0.1) is 5.92 Å². The van der Waals surface area contributed by atoms with E-state index in [1.165, 1.54) is 0 Å². The molecule has 0 aromatic heterocycles. The van der Waals surface area contributed by atoms with E-state index in [1.54, 1.807) is 0 Å². The topological polar surface area (TPSA) is 12.5 Å². The van der Waals surface area contributed by atoms with Gasteiger partial charge in [-0.2, -0.15) is 0 Å². The zero-order valence-corrected chi connectivity index (χ0v) is 9.63. The summed E-state index contributed by atoms with van der Waals surface area (Å²) in [6, 6.07) is 0.610. The van der Waals surface area contributed by atoms with E-state index >= 15 is 0 Å². The van der Waals surface area contributed by atoms with Crippen molar-refractivity contribution in [3.63, 3.8) is 0 Å². The molecule has 1 heterocycles. The predicted octanol–water partition coefficient (Wildman–Crippen LogP) is 2.14. The van der Waals surface area contributed by atoms with Crippen LogP contribution in [0.1, 0.15) is 34.6 Å². The molecule has 0 radical (unpaired) electrons. The van der Waals surface area contributed by atoms with Gasteiger partial charge in [-0.25, -0.2) is 0 Å². The van der Waals surface area contributed by atoms with Crippen molar-refractivity contribution in [2.24, 2.45) is 5.92 Å². The maximum absolute atomic E-state index is 5.66. The molecule has 0 aliphatic carbocycles. The Morgan fingerprint density at radius 3 is 2.54 bits per heavy atom. The first kappa shape index (κ1) is 11.0. The summed E-state index contributed by atoms with van der Waals surface area (Å²) in [5.41, 5.74) is 0.193.